The second-order valence-corrected chi connectivity index (χ2v) is 4.38. The molecule has 0 atom stereocenters. The van der Waals surface area contributed by atoms with Crippen molar-refractivity contribution < 1.29 is 5.11 Å². The SMILES string of the molecule is Oc1cccc(CC2CCCCC2)c1. The Morgan fingerprint density at radius 2 is 1.93 bits per heavy atom. The van der Waals surface area contributed by atoms with E-state index < -0.39 is 0 Å². The zero-order valence-corrected chi connectivity index (χ0v) is 8.58. The van der Waals surface area contributed by atoms with Gasteiger partial charge in [-0.05, 0) is 30.0 Å². The Kier molecular flexibility index (Phi) is 3.07. The van der Waals surface area contributed by atoms with Gasteiger partial charge in [-0.15, -0.1) is 0 Å². The fourth-order valence-electron chi connectivity index (χ4n) is 2.41. The molecule has 0 saturated heterocycles. The van der Waals surface area contributed by atoms with E-state index in [4.69, 9.17) is 0 Å². The highest BCUT2D eigenvalue weighted by atomic mass is 16.3. The van der Waals surface area contributed by atoms with Gasteiger partial charge in [0.25, 0.3) is 0 Å². The fraction of sp³-hybridized carbons (Fsp3) is 0.538. The van der Waals surface area contributed by atoms with Crippen LogP contribution in [0.2, 0.25) is 0 Å². The van der Waals surface area contributed by atoms with E-state index in [0.29, 0.717) is 5.75 Å². The van der Waals surface area contributed by atoms with Crippen LogP contribution in [-0.2, 0) is 6.42 Å². The van der Waals surface area contributed by atoms with E-state index in [2.05, 4.69) is 6.07 Å². The van der Waals surface area contributed by atoms with Gasteiger partial charge in [0.1, 0.15) is 5.75 Å². The number of phenols is 1. The maximum Gasteiger partial charge on any atom is 0.115 e. The summed E-state index contributed by atoms with van der Waals surface area (Å²) in [5.41, 5.74) is 1.29. The molecule has 0 aromatic heterocycles. The van der Waals surface area contributed by atoms with Gasteiger partial charge < -0.3 is 5.11 Å². The van der Waals surface area contributed by atoms with E-state index in [1.54, 1.807) is 6.07 Å². The molecule has 14 heavy (non-hydrogen) atoms. The van der Waals surface area contributed by atoms with Crippen LogP contribution in [0.3, 0.4) is 0 Å². The first-order valence-electron chi connectivity index (χ1n) is 5.62. The summed E-state index contributed by atoms with van der Waals surface area (Å²) in [6.07, 6.45) is 8.09. The summed E-state index contributed by atoms with van der Waals surface area (Å²) < 4.78 is 0. The van der Waals surface area contributed by atoms with E-state index in [9.17, 15) is 5.11 Å². The molecule has 76 valence electrons. The standard InChI is InChI=1S/C13H18O/c14-13-8-4-7-12(10-13)9-11-5-2-1-3-6-11/h4,7-8,10-11,14H,1-3,5-6,9H2. The van der Waals surface area contributed by atoms with Crippen LogP contribution in [0.5, 0.6) is 5.75 Å². The highest BCUT2D eigenvalue weighted by Gasteiger charge is 2.13. The summed E-state index contributed by atoms with van der Waals surface area (Å²) in [6, 6.07) is 7.70. The van der Waals surface area contributed by atoms with Crippen LogP contribution in [0.25, 0.3) is 0 Å². The molecule has 1 heteroatoms. The van der Waals surface area contributed by atoms with E-state index >= 15 is 0 Å². The summed E-state index contributed by atoms with van der Waals surface area (Å²) in [6.45, 7) is 0. The van der Waals surface area contributed by atoms with Gasteiger partial charge in [-0.3, -0.25) is 0 Å². The highest BCUT2D eigenvalue weighted by Crippen LogP contribution is 2.27. The normalized spacial score (nSPS) is 18.3. The number of phenolic OH excluding ortho intramolecular Hbond substituents is 1. The van der Waals surface area contributed by atoms with Crippen molar-refractivity contribution in [2.75, 3.05) is 0 Å². The second-order valence-electron chi connectivity index (χ2n) is 4.38. The number of hydrogen-bond acceptors (Lipinski definition) is 1. The molecule has 1 aliphatic carbocycles. The van der Waals surface area contributed by atoms with Gasteiger partial charge in [0.15, 0.2) is 0 Å². The Bertz CT molecular complexity index is 287. The monoisotopic (exact) mass is 190 g/mol. The van der Waals surface area contributed by atoms with Gasteiger partial charge >= 0.3 is 0 Å². The first-order valence-corrected chi connectivity index (χ1v) is 5.62. The van der Waals surface area contributed by atoms with Crippen LogP contribution in [0.4, 0.5) is 0 Å². The summed E-state index contributed by atoms with van der Waals surface area (Å²) in [7, 11) is 0. The molecule has 1 aliphatic rings. The van der Waals surface area contributed by atoms with Gasteiger partial charge in [0, 0.05) is 0 Å². The molecule has 1 fully saturated rings. The van der Waals surface area contributed by atoms with Crippen molar-refractivity contribution in [1.82, 2.24) is 0 Å². The zero-order chi connectivity index (χ0) is 9.80. The average molecular weight is 190 g/mol. The van der Waals surface area contributed by atoms with Crippen molar-refractivity contribution >= 4 is 0 Å². The summed E-state index contributed by atoms with van der Waals surface area (Å²) in [5.74, 6) is 1.25. The third kappa shape index (κ3) is 2.50. The van der Waals surface area contributed by atoms with E-state index in [0.717, 1.165) is 12.3 Å². The zero-order valence-electron chi connectivity index (χ0n) is 8.58. The highest BCUT2D eigenvalue weighted by molar-refractivity contribution is 5.27. The fourth-order valence-corrected chi connectivity index (χ4v) is 2.41. The molecule has 1 aromatic carbocycles. The molecular formula is C13H18O. The first-order chi connectivity index (χ1) is 6.84. The molecule has 0 radical (unpaired) electrons. The van der Waals surface area contributed by atoms with Crippen LogP contribution in [-0.4, -0.2) is 5.11 Å². The average Bonchev–Trinajstić information content (AvgIpc) is 2.19. The molecule has 0 aliphatic heterocycles. The van der Waals surface area contributed by atoms with Gasteiger partial charge in [0.2, 0.25) is 0 Å². The number of aromatic hydroxyl groups is 1. The van der Waals surface area contributed by atoms with E-state index in [-0.39, 0.29) is 0 Å². The Balaban J connectivity index is 1.95. The minimum absolute atomic E-state index is 0.401. The van der Waals surface area contributed by atoms with E-state index in [1.807, 2.05) is 12.1 Å². The van der Waals surface area contributed by atoms with Crippen molar-refractivity contribution in [2.24, 2.45) is 5.92 Å². The molecule has 0 bridgehead atoms. The number of rotatable bonds is 2. The summed E-state index contributed by atoms with van der Waals surface area (Å²) in [5, 5.41) is 9.34. The van der Waals surface area contributed by atoms with Crippen molar-refractivity contribution in [1.29, 1.82) is 0 Å². The molecule has 0 spiro atoms. The van der Waals surface area contributed by atoms with Crippen molar-refractivity contribution in [3.8, 4) is 5.75 Å². The number of hydrogen-bond donors (Lipinski definition) is 1. The third-order valence-corrected chi connectivity index (χ3v) is 3.16. The Hall–Kier alpha value is -0.980. The summed E-state index contributed by atoms with van der Waals surface area (Å²) in [4.78, 5) is 0. The molecular weight excluding hydrogens is 172 g/mol. The first kappa shape index (κ1) is 9.57. The quantitative estimate of drug-likeness (QED) is 0.756. The van der Waals surface area contributed by atoms with Crippen LogP contribution in [0, 0.1) is 5.92 Å². The van der Waals surface area contributed by atoms with E-state index in [1.165, 1.54) is 37.7 Å². The lowest BCUT2D eigenvalue weighted by atomic mass is 9.85. The van der Waals surface area contributed by atoms with Crippen molar-refractivity contribution in [2.45, 2.75) is 38.5 Å². The Morgan fingerprint density at radius 3 is 2.64 bits per heavy atom. The Morgan fingerprint density at radius 1 is 1.14 bits per heavy atom. The third-order valence-electron chi connectivity index (χ3n) is 3.16. The topological polar surface area (TPSA) is 20.2 Å². The smallest absolute Gasteiger partial charge is 0.115 e. The molecule has 2 rings (SSSR count). The van der Waals surface area contributed by atoms with Crippen molar-refractivity contribution in [3.63, 3.8) is 0 Å². The lowest BCUT2D eigenvalue weighted by molar-refractivity contribution is 0.356. The van der Waals surface area contributed by atoms with Crippen LogP contribution < -0.4 is 0 Å². The molecule has 0 heterocycles. The molecule has 1 saturated carbocycles. The minimum atomic E-state index is 0.401. The van der Waals surface area contributed by atoms with Crippen molar-refractivity contribution in [3.05, 3.63) is 29.8 Å². The maximum atomic E-state index is 9.34. The van der Waals surface area contributed by atoms with Crippen LogP contribution >= 0.6 is 0 Å². The molecule has 1 N–H and O–H groups in total. The minimum Gasteiger partial charge on any atom is -0.508 e. The summed E-state index contributed by atoms with van der Waals surface area (Å²) >= 11 is 0. The maximum absolute atomic E-state index is 9.34. The van der Waals surface area contributed by atoms with Gasteiger partial charge in [-0.1, -0.05) is 44.2 Å². The molecule has 1 nitrogen and oxygen atoms in total. The lowest BCUT2D eigenvalue weighted by Crippen LogP contribution is -2.08. The largest absolute Gasteiger partial charge is 0.508 e. The Labute approximate surface area is 85.8 Å². The van der Waals surface area contributed by atoms with Gasteiger partial charge in [-0.25, -0.2) is 0 Å². The van der Waals surface area contributed by atoms with Gasteiger partial charge in [0.05, 0.1) is 0 Å². The predicted octanol–water partition coefficient (Wildman–Crippen LogP) is 3.52. The lowest BCUT2D eigenvalue weighted by Gasteiger charge is -2.21. The molecule has 1 aromatic rings. The number of benzene rings is 1. The van der Waals surface area contributed by atoms with Gasteiger partial charge in [-0.2, -0.15) is 0 Å². The molecule has 0 unspecified atom stereocenters. The second kappa shape index (κ2) is 4.50. The molecule has 0 amide bonds. The predicted molar refractivity (Wildman–Crippen MR) is 58.4 cm³/mol. The van der Waals surface area contributed by atoms with Crippen LogP contribution in [0.15, 0.2) is 24.3 Å². The van der Waals surface area contributed by atoms with Crippen LogP contribution in [0.1, 0.15) is 37.7 Å².